The Bertz CT molecular complexity index is 600. The fraction of sp³-hybridized carbons (Fsp3) is 0.462. The van der Waals surface area contributed by atoms with Crippen molar-refractivity contribution < 1.29 is 9.85 Å². The minimum absolute atomic E-state index is 0.167. The Hall–Kier alpha value is -2.51. The minimum atomic E-state index is -0.660. The molecule has 1 atom stereocenters. The van der Waals surface area contributed by atoms with Crippen LogP contribution in [-0.2, 0) is 0 Å². The molecule has 0 bridgehead atoms. The zero-order valence-corrected chi connectivity index (χ0v) is 11.6. The number of nitrogens with zero attached hydrogens (tertiary/aromatic N) is 3. The van der Waals surface area contributed by atoms with E-state index in [1.54, 1.807) is 0 Å². The number of benzene rings is 1. The predicted molar refractivity (Wildman–Crippen MR) is 78.4 cm³/mol. The van der Waals surface area contributed by atoms with E-state index in [4.69, 9.17) is 0 Å². The molecule has 8 nitrogen and oxygen atoms in total. The maximum atomic E-state index is 11.0. The summed E-state index contributed by atoms with van der Waals surface area (Å²) in [5, 5.41) is 25.9. The standard InChI is InChI=1S/C13H16N4O4/c1-2-9-4-3-5-11(9)14-15-12-7-6-10(16(18)19)8-13(12)17(20)21/h6-9,15H,2-5H2,1H3/b14-11-. The third kappa shape index (κ3) is 3.33. The lowest BCUT2D eigenvalue weighted by molar-refractivity contribution is -0.393. The van der Waals surface area contributed by atoms with E-state index >= 15 is 0 Å². The smallest absolute Gasteiger partial charge is 0.272 e. The molecular weight excluding hydrogens is 276 g/mol. The van der Waals surface area contributed by atoms with Crippen LogP contribution in [0.25, 0.3) is 0 Å². The summed E-state index contributed by atoms with van der Waals surface area (Å²) in [6, 6.07) is 3.48. The molecule has 21 heavy (non-hydrogen) atoms. The third-order valence-electron chi connectivity index (χ3n) is 3.66. The Labute approximate surface area is 121 Å². The van der Waals surface area contributed by atoms with Crippen molar-refractivity contribution >= 4 is 22.8 Å². The van der Waals surface area contributed by atoms with Gasteiger partial charge in [-0.3, -0.25) is 25.7 Å². The molecule has 0 radical (unpaired) electrons. The average molecular weight is 292 g/mol. The minimum Gasteiger partial charge on any atom is -0.272 e. The van der Waals surface area contributed by atoms with Gasteiger partial charge in [0.15, 0.2) is 0 Å². The molecule has 1 aliphatic carbocycles. The first-order valence-electron chi connectivity index (χ1n) is 6.78. The monoisotopic (exact) mass is 292 g/mol. The number of rotatable bonds is 5. The van der Waals surface area contributed by atoms with Gasteiger partial charge in [-0.1, -0.05) is 6.92 Å². The maximum Gasteiger partial charge on any atom is 0.301 e. The van der Waals surface area contributed by atoms with Gasteiger partial charge in [-0.05, 0) is 37.7 Å². The highest BCUT2D eigenvalue weighted by atomic mass is 16.6. The van der Waals surface area contributed by atoms with E-state index in [-0.39, 0.29) is 17.1 Å². The van der Waals surface area contributed by atoms with Crippen LogP contribution in [0.5, 0.6) is 0 Å². The molecule has 1 aromatic carbocycles. The summed E-state index contributed by atoms with van der Waals surface area (Å²) < 4.78 is 0. The molecule has 112 valence electrons. The van der Waals surface area contributed by atoms with Crippen molar-refractivity contribution in [2.45, 2.75) is 32.6 Å². The topological polar surface area (TPSA) is 111 Å². The molecule has 0 heterocycles. The van der Waals surface area contributed by atoms with Gasteiger partial charge in [0, 0.05) is 11.8 Å². The van der Waals surface area contributed by atoms with Gasteiger partial charge in [0.1, 0.15) is 5.69 Å². The third-order valence-corrected chi connectivity index (χ3v) is 3.66. The van der Waals surface area contributed by atoms with Crippen molar-refractivity contribution in [1.29, 1.82) is 0 Å². The molecule has 0 saturated heterocycles. The lowest BCUT2D eigenvalue weighted by Crippen LogP contribution is -2.08. The van der Waals surface area contributed by atoms with Crippen LogP contribution in [0.15, 0.2) is 23.3 Å². The highest BCUT2D eigenvalue weighted by molar-refractivity contribution is 5.89. The molecule has 1 aliphatic rings. The number of hydrogen-bond acceptors (Lipinski definition) is 6. The summed E-state index contributed by atoms with van der Waals surface area (Å²) in [6.45, 7) is 2.08. The van der Waals surface area contributed by atoms with E-state index < -0.39 is 9.85 Å². The van der Waals surface area contributed by atoms with Gasteiger partial charge in [-0.2, -0.15) is 5.10 Å². The summed E-state index contributed by atoms with van der Waals surface area (Å²) in [6.07, 6.45) is 4.02. The van der Waals surface area contributed by atoms with E-state index in [0.717, 1.165) is 37.5 Å². The zero-order valence-electron chi connectivity index (χ0n) is 11.6. The molecular formula is C13H16N4O4. The molecule has 1 N–H and O–H groups in total. The highest BCUT2D eigenvalue weighted by Crippen LogP contribution is 2.30. The summed E-state index contributed by atoms with van der Waals surface area (Å²) in [5.74, 6) is 0.412. The summed E-state index contributed by atoms with van der Waals surface area (Å²) in [7, 11) is 0. The second-order valence-electron chi connectivity index (χ2n) is 4.93. The van der Waals surface area contributed by atoms with Crippen LogP contribution in [0.4, 0.5) is 17.1 Å². The first-order valence-corrected chi connectivity index (χ1v) is 6.78. The summed E-state index contributed by atoms with van der Waals surface area (Å²) >= 11 is 0. The zero-order chi connectivity index (χ0) is 15.4. The van der Waals surface area contributed by atoms with Crippen molar-refractivity contribution in [3.8, 4) is 0 Å². The van der Waals surface area contributed by atoms with Crippen molar-refractivity contribution in [1.82, 2.24) is 0 Å². The number of nitrogens with one attached hydrogen (secondary N) is 1. The van der Waals surface area contributed by atoms with E-state index in [1.807, 2.05) is 0 Å². The van der Waals surface area contributed by atoms with Crippen molar-refractivity contribution in [2.75, 3.05) is 5.43 Å². The van der Waals surface area contributed by atoms with E-state index in [9.17, 15) is 20.2 Å². The van der Waals surface area contributed by atoms with Crippen LogP contribution in [0.2, 0.25) is 0 Å². The number of non-ortho nitro benzene ring substituents is 1. The molecule has 8 heteroatoms. The number of nitro benzene ring substituents is 2. The lowest BCUT2D eigenvalue weighted by Gasteiger charge is -2.08. The van der Waals surface area contributed by atoms with Crippen LogP contribution < -0.4 is 5.43 Å². The van der Waals surface area contributed by atoms with E-state index in [2.05, 4.69) is 17.5 Å². The fourth-order valence-corrected chi connectivity index (χ4v) is 2.50. The van der Waals surface area contributed by atoms with E-state index in [0.29, 0.717) is 5.92 Å². The first-order chi connectivity index (χ1) is 10.0. The van der Waals surface area contributed by atoms with Crippen molar-refractivity contribution in [2.24, 2.45) is 11.0 Å². The maximum absolute atomic E-state index is 11.0. The normalized spacial score (nSPS) is 19.7. The second kappa shape index (κ2) is 6.29. The molecule has 0 amide bonds. The Morgan fingerprint density at radius 1 is 1.33 bits per heavy atom. The van der Waals surface area contributed by atoms with E-state index in [1.165, 1.54) is 12.1 Å². The van der Waals surface area contributed by atoms with Crippen LogP contribution in [0.1, 0.15) is 32.6 Å². The van der Waals surface area contributed by atoms with Gasteiger partial charge >= 0.3 is 5.69 Å². The molecule has 1 unspecified atom stereocenters. The predicted octanol–water partition coefficient (Wildman–Crippen LogP) is 3.48. The Balaban J connectivity index is 2.25. The molecule has 2 rings (SSSR count). The van der Waals surface area contributed by atoms with Gasteiger partial charge in [0.2, 0.25) is 0 Å². The highest BCUT2D eigenvalue weighted by Gasteiger charge is 2.22. The quantitative estimate of drug-likeness (QED) is 0.659. The van der Waals surface area contributed by atoms with Crippen molar-refractivity contribution in [3.63, 3.8) is 0 Å². The lowest BCUT2D eigenvalue weighted by atomic mass is 10.0. The first kappa shape index (κ1) is 14.9. The van der Waals surface area contributed by atoms with Gasteiger partial charge in [-0.25, -0.2) is 0 Å². The number of hydrazone groups is 1. The molecule has 1 fully saturated rings. The number of hydrogen-bond donors (Lipinski definition) is 1. The van der Waals surface area contributed by atoms with Crippen LogP contribution in [0, 0.1) is 26.1 Å². The SMILES string of the molecule is CCC1CCC/C1=N/Nc1ccc([N+](=O)[O-])cc1[N+](=O)[O-]. The Kier molecular flexibility index (Phi) is 4.46. The van der Waals surface area contributed by atoms with Crippen LogP contribution >= 0.6 is 0 Å². The Morgan fingerprint density at radius 3 is 2.71 bits per heavy atom. The van der Waals surface area contributed by atoms with Crippen LogP contribution in [0.3, 0.4) is 0 Å². The van der Waals surface area contributed by atoms with Gasteiger partial charge < -0.3 is 0 Å². The molecule has 0 aromatic heterocycles. The average Bonchev–Trinajstić information content (AvgIpc) is 2.92. The fourth-order valence-electron chi connectivity index (χ4n) is 2.50. The van der Waals surface area contributed by atoms with Gasteiger partial charge in [0.05, 0.1) is 15.9 Å². The van der Waals surface area contributed by atoms with Crippen LogP contribution in [-0.4, -0.2) is 15.6 Å². The summed E-state index contributed by atoms with van der Waals surface area (Å²) in [4.78, 5) is 20.4. The molecule has 1 aromatic rings. The Morgan fingerprint density at radius 2 is 2.10 bits per heavy atom. The van der Waals surface area contributed by atoms with Gasteiger partial charge in [-0.15, -0.1) is 0 Å². The van der Waals surface area contributed by atoms with Gasteiger partial charge in [0.25, 0.3) is 5.69 Å². The molecule has 0 aliphatic heterocycles. The largest absolute Gasteiger partial charge is 0.301 e. The number of nitro groups is 2. The summed E-state index contributed by atoms with van der Waals surface area (Å²) in [5.41, 5.74) is 3.20. The van der Waals surface area contributed by atoms with Crippen molar-refractivity contribution in [3.05, 3.63) is 38.4 Å². The second-order valence-corrected chi connectivity index (χ2v) is 4.93. The molecule has 1 saturated carbocycles. The molecule has 0 spiro atoms. The number of anilines is 1.